The van der Waals surface area contributed by atoms with Gasteiger partial charge in [-0.25, -0.2) is 6.07 Å². The van der Waals surface area contributed by atoms with E-state index in [0.717, 1.165) is 42.4 Å². The first-order valence-electron chi connectivity index (χ1n) is 17.8. The van der Waals surface area contributed by atoms with Crippen molar-refractivity contribution in [3.8, 4) is 11.1 Å². The molecule has 2 heterocycles. The third kappa shape index (κ3) is 7.03. The van der Waals surface area contributed by atoms with Gasteiger partial charge in [-0.1, -0.05) is 62.8 Å². The normalized spacial score (nSPS) is 32.4. The Kier molecular flexibility index (Phi) is 10.9. The Hall–Kier alpha value is -0.781. The topological polar surface area (TPSA) is 24.1 Å². The molecule has 4 saturated carbocycles. The largest absolute Gasteiger partial charge is 0.748 e. The third-order valence-electron chi connectivity index (χ3n) is 12.1. The SMILES string of the molecule is CC(C)(C)P(C[c-]1cc(-c2ccccc2)cc1C(P)(C1CCCN1)C1CCCN1)C1C2CC3CC(C2)CC1C3.[Fe].[cH-]1[cH-][cH-][cH-][cH-]1. The molecule has 45 heavy (non-hydrogen) atoms. The second-order valence-corrected chi connectivity index (χ2v) is 20.1. The molecule has 4 aliphatic carbocycles. The van der Waals surface area contributed by atoms with Gasteiger partial charge in [0.2, 0.25) is 0 Å². The molecule has 4 atom stereocenters. The standard InChI is InChI=1S/C35H51N2P2.C5H5.Fe/c1-34(2,3)39(33-27-16-23-15-24(18-27)19-28(33)17-23)22-29-20-26(25-9-5-4-6-10-25)21-30(29)35(38,31-11-7-13-36-31)32-12-8-14-37-32;1-2-4-5-3-1;/h4-6,9-10,20-21,23-24,27-28,31-33,36-37H,7-8,11-19,22,38H2,1-3H3;1-5H;/q-1;-5;. The van der Waals surface area contributed by atoms with Gasteiger partial charge >= 0.3 is 0 Å². The summed E-state index contributed by atoms with van der Waals surface area (Å²) in [5.41, 5.74) is 7.12. The van der Waals surface area contributed by atoms with Crippen LogP contribution in [0.1, 0.15) is 89.7 Å². The van der Waals surface area contributed by atoms with Gasteiger partial charge in [0.25, 0.3) is 0 Å². The molecule has 6 fully saturated rings. The van der Waals surface area contributed by atoms with Gasteiger partial charge in [0, 0.05) is 34.3 Å². The zero-order valence-electron chi connectivity index (χ0n) is 27.8. The molecule has 4 bridgehead atoms. The molecular weight excluding hydrogens is 626 g/mol. The molecule has 5 heteroatoms. The monoisotopic (exact) mass is 682 g/mol. The van der Waals surface area contributed by atoms with Crippen molar-refractivity contribution >= 4 is 17.2 Å². The quantitative estimate of drug-likeness (QED) is 0.147. The summed E-state index contributed by atoms with van der Waals surface area (Å²) in [5, 5.41) is 8.40. The van der Waals surface area contributed by atoms with Crippen molar-refractivity contribution in [3.63, 3.8) is 0 Å². The van der Waals surface area contributed by atoms with E-state index in [9.17, 15) is 0 Å². The zero-order chi connectivity index (χ0) is 30.3. The summed E-state index contributed by atoms with van der Waals surface area (Å²) in [6, 6.07) is 27.6. The summed E-state index contributed by atoms with van der Waals surface area (Å²) in [6.45, 7) is 10.1. The van der Waals surface area contributed by atoms with Crippen molar-refractivity contribution in [2.45, 2.75) is 113 Å². The summed E-state index contributed by atoms with van der Waals surface area (Å²) < 4.78 is 0. The second-order valence-electron chi connectivity index (χ2n) is 16.0. The minimum absolute atomic E-state index is 0. The maximum Gasteiger partial charge on any atom is 0.0194 e. The van der Waals surface area contributed by atoms with Gasteiger partial charge in [-0.05, 0) is 105 Å². The smallest absolute Gasteiger partial charge is 0.0194 e. The first kappa shape index (κ1) is 34.1. The van der Waals surface area contributed by atoms with Crippen molar-refractivity contribution < 1.29 is 17.1 Å². The molecule has 2 N–H and O–H groups in total. The van der Waals surface area contributed by atoms with Crippen molar-refractivity contribution in [1.29, 1.82) is 0 Å². The molecule has 0 radical (unpaired) electrons. The van der Waals surface area contributed by atoms with Gasteiger partial charge in [0.1, 0.15) is 0 Å². The third-order valence-corrected chi connectivity index (χ3v) is 17.2. The molecule has 2 nitrogen and oxygen atoms in total. The van der Waals surface area contributed by atoms with Crippen LogP contribution in [0.2, 0.25) is 0 Å². The molecule has 0 aromatic heterocycles. The predicted molar refractivity (Wildman–Crippen MR) is 194 cm³/mol. The van der Waals surface area contributed by atoms with Crippen LogP contribution in [0.15, 0.2) is 72.8 Å². The number of hydrogen-bond donors (Lipinski definition) is 2. The molecule has 6 aliphatic rings. The minimum Gasteiger partial charge on any atom is -0.748 e. The Bertz CT molecular complexity index is 1270. The van der Waals surface area contributed by atoms with Gasteiger partial charge < -0.3 is 41.0 Å². The van der Waals surface area contributed by atoms with Gasteiger partial charge in [-0.2, -0.15) is 17.2 Å². The van der Waals surface area contributed by atoms with Crippen LogP contribution >= 0.6 is 17.2 Å². The first-order chi connectivity index (χ1) is 21.3. The van der Waals surface area contributed by atoms with Crippen LogP contribution in [0.25, 0.3) is 11.1 Å². The fourth-order valence-corrected chi connectivity index (χ4v) is 14.9. The van der Waals surface area contributed by atoms with E-state index in [-0.39, 0.29) is 30.1 Å². The maximum absolute atomic E-state index is 3.98. The van der Waals surface area contributed by atoms with Gasteiger partial charge in [0.15, 0.2) is 0 Å². The van der Waals surface area contributed by atoms with Gasteiger partial charge in [0.05, 0.1) is 0 Å². The maximum atomic E-state index is 3.98. The van der Waals surface area contributed by atoms with Crippen LogP contribution in [-0.4, -0.2) is 36.0 Å². The van der Waals surface area contributed by atoms with Crippen molar-refractivity contribution in [2.24, 2.45) is 23.7 Å². The van der Waals surface area contributed by atoms with Crippen LogP contribution in [0.3, 0.4) is 0 Å². The van der Waals surface area contributed by atoms with Crippen molar-refractivity contribution in [1.82, 2.24) is 10.6 Å². The van der Waals surface area contributed by atoms with E-state index in [1.54, 1.807) is 43.2 Å². The van der Waals surface area contributed by atoms with E-state index >= 15 is 0 Å². The van der Waals surface area contributed by atoms with E-state index in [4.69, 9.17) is 0 Å². The number of nitrogens with one attached hydrogen (secondary N) is 2. The zero-order valence-corrected chi connectivity index (χ0v) is 31.0. The van der Waals surface area contributed by atoms with Crippen LogP contribution in [0.4, 0.5) is 0 Å². The molecule has 0 amide bonds. The van der Waals surface area contributed by atoms with Gasteiger partial charge in [-0.3, -0.25) is 0 Å². The summed E-state index contributed by atoms with van der Waals surface area (Å²) in [5.74, 6) is 4.13. The fourth-order valence-electron chi connectivity index (χ4n) is 10.4. The predicted octanol–water partition coefficient (Wildman–Crippen LogP) is 9.66. The second kappa shape index (κ2) is 14.4. The average molecular weight is 683 g/mol. The number of rotatable bonds is 7. The molecule has 2 saturated heterocycles. The molecule has 250 valence electrons. The van der Waals surface area contributed by atoms with Crippen LogP contribution in [0, 0.1) is 23.7 Å². The molecule has 4 unspecified atom stereocenters. The molecule has 2 aliphatic heterocycles. The van der Waals surface area contributed by atoms with E-state index in [2.05, 4.69) is 83.1 Å². The van der Waals surface area contributed by atoms with Gasteiger partial charge in [-0.15, -0.1) is 22.7 Å². The van der Waals surface area contributed by atoms with Crippen LogP contribution < -0.4 is 10.6 Å². The Morgan fingerprint density at radius 1 is 0.800 bits per heavy atom. The number of hydrogen-bond acceptors (Lipinski definition) is 2. The Labute approximate surface area is 288 Å². The fraction of sp³-hybridized carbons (Fsp3) is 0.600. The van der Waals surface area contributed by atoms with E-state index in [0.29, 0.717) is 17.2 Å². The Balaban J connectivity index is 0.000000545. The summed E-state index contributed by atoms with van der Waals surface area (Å²) >= 11 is 0. The number of benzene rings is 1. The Morgan fingerprint density at radius 3 is 1.80 bits per heavy atom. The van der Waals surface area contributed by atoms with E-state index < -0.39 is 0 Å². The van der Waals surface area contributed by atoms with Crippen LogP contribution in [0.5, 0.6) is 0 Å². The molecule has 3 aromatic rings. The minimum atomic E-state index is -0.121. The summed E-state index contributed by atoms with van der Waals surface area (Å²) in [4.78, 5) is 0. The van der Waals surface area contributed by atoms with E-state index in [1.165, 1.54) is 43.0 Å². The van der Waals surface area contributed by atoms with E-state index in [1.807, 2.05) is 30.3 Å². The van der Waals surface area contributed by atoms with Crippen molar-refractivity contribution in [3.05, 3.63) is 83.9 Å². The molecular formula is C40H56FeN2P2-6. The molecule has 9 rings (SSSR count). The van der Waals surface area contributed by atoms with Crippen molar-refractivity contribution in [2.75, 3.05) is 13.1 Å². The summed E-state index contributed by atoms with van der Waals surface area (Å²) in [7, 11) is 3.37. The molecule has 3 aromatic carbocycles. The molecule has 0 spiro atoms. The Morgan fingerprint density at radius 2 is 1.33 bits per heavy atom. The summed E-state index contributed by atoms with van der Waals surface area (Å²) in [6.07, 6.45) is 14.2. The van der Waals surface area contributed by atoms with Crippen LogP contribution in [-0.2, 0) is 28.4 Å². The average Bonchev–Trinajstić information content (AvgIpc) is 3.84. The first-order valence-corrected chi connectivity index (χ1v) is 20.0.